The third-order valence-corrected chi connectivity index (χ3v) is 2.52. The van der Waals surface area contributed by atoms with Crippen LogP contribution in [0.25, 0.3) is 0 Å². The topological polar surface area (TPSA) is 54.9 Å². The molecule has 0 aromatic heterocycles. The van der Waals surface area contributed by atoms with Gasteiger partial charge in [-0.05, 0) is 30.7 Å². The molecule has 112 valence electrons. The van der Waals surface area contributed by atoms with Gasteiger partial charge in [-0.2, -0.15) is 0 Å². The van der Waals surface area contributed by atoms with E-state index in [4.69, 9.17) is 9.47 Å². The fourth-order valence-electron chi connectivity index (χ4n) is 1.49. The zero-order chi connectivity index (χ0) is 14.6. The summed E-state index contributed by atoms with van der Waals surface area (Å²) in [5.41, 5.74) is 0. The number of ether oxygens (including phenoxy) is 2. The third-order valence-electron chi connectivity index (χ3n) is 2.52. The molecule has 0 fully saturated rings. The van der Waals surface area contributed by atoms with Crippen molar-refractivity contribution in [2.45, 2.75) is 6.42 Å². The summed E-state index contributed by atoms with van der Waals surface area (Å²) in [6.07, 6.45) is 0.822. The van der Waals surface area contributed by atoms with Crippen molar-refractivity contribution in [3.05, 3.63) is 30.1 Å². The maximum absolute atomic E-state index is 12.7. The average Bonchev–Trinajstić information content (AvgIpc) is 2.47. The summed E-state index contributed by atoms with van der Waals surface area (Å²) < 4.78 is 23.1. The number of hydrogen-bond donors (Lipinski definition) is 2. The van der Waals surface area contributed by atoms with Crippen molar-refractivity contribution in [3.8, 4) is 5.75 Å². The molecule has 6 heteroatoms. The number of aliphatic imine (C=N–C) groups is 1. The third kappa shape index (κ3) is 6.94. The summed E-state index contributed by atoms with van der Waals surface area (Å²) in [4.78, 5) is 4.08. The first-order valence-electron chi connectivity index (χ1n) is 6.58. The second-order valence-corrected chi connectivity index (χ2v) is 4.07. The Balaban J connectivity index is 2.10. The summed E-state index contributed by atoms with van der Waals surface area (Å²) in [7, 11) is 3.38. The Labute approximate surface area is 119 Å². The number of benzene rings is 1. The monoisotopic (exact) mass is 283 g/mol. The van der Waals surface area contributed by atoms with E-state index in [1.807, 2.05) is 0 Å². The molecule has 0 unspecified atom stereocenters. The highest BCUT2D eigenvalue weighted by atomic mass is 19.1. The molecule has 20 heavy (non-hydrogen) atoms. The number of rotatable bonds is 8. The van der Waals surface area contributed by atoms with Crippen LogP contribution in [-0.4, -0.2) is 46.4 Å². The lowest BCUT2D eigenvalue weighted by Gasteiger charge is -2.11. The quantitative estimate of drug-likeness (QED) is 0.430. The molecule has 0 saturated heterocycles. The second kappa shape index (κ2) is 10.0. The molecule has 0 radical (unpaired) electrons. The molecule has 5 nitrogen and oxygen atoms in total. The van der Waals surface area contributed by atoms with E-state index in [0.717, 1.165) is 18.9 Å². The van der Waals surface area contributed by atoms with Crippen molar-refractivity contribution in [1.29, 1.82) is 0 Å². The van der Waals surface area contributed by atoms with E-state index in [9.17, 15) is 4.39 Å². The lowest BCUT2D eigenvalue weighted by molar-refractivity contribution is 0.203. The Morgan fingerprint density at radius 2 is 1.85 bits per heavy atom. The average molecular weight is 283 g/mol. The number of guanidine groups is 1. The zero-order valence-corrected chi connectivity index (χ0v) is 12.0. The van der Waals surface area contributed by atoms with E-state index in [1.165, 1.54) is 12.1 Å². The lowest BCUT2D eigenvalue weighted by Crippen LogP contribution is -2.39. The maximum atomic E-state index is 12.7. The van der Waals surface area contributed by atoms with Crippen molar-refractivity contribution in [1.82, 2.24) is 10.6 Å². The number of nitrogens with zero attached hydrogens (tertiary/aromatic N) is 1. The van der Waals surface area contributed by atoms with Gasteiger partial charge in [-0.1, -0.05) is 0 Å². The molecular formula is C14H22FN3O2. The van der Waals surface area contributed by atoms with Crippen LogP contribution in [-0.2, 0) is 4.74 Å². The van der Waals surface area contributed by atoms with Crippen molar-refractivity contribution < 1.29 is 13.9 Å². The highest BCUT2D eigenvalue weighted by molar-refractivity contribution is 5.79. The van der Waals surface area contributed by atoms with Crippen molar-refractivity contribution >= 4 is 5.96 Å². The molecule has 0 atom stereocenters. The molecule has 0 aliphatic rings. The molecular weight excluding hydrogens is 261 g/mol. The first kappa shape index (κ1) is 16.2. The summed E-state index contributed by atoms with van der Waals surface area (Å²) in [5.74, 6) is 1.16. The predicted molar refractivity (Wildman–Crippen MR) is 77.8 cm³/mol. The van der Waals surface area contributed by atoms with Crippen molar-refractivity contribution in [2.75, 3.05) is 40.5 Å². The van der Waals surface area contributed by atoms with E-state index < -0.39 is 0 Å². The largest absolute Gasteiger partial charge is 0.494 e. The van der Waals surface area contributed by atoms with E-state index in [-0.39, 0.29) is 5.82 Å². The van der Waals surface area contributed by atoms with Crippen LogP contribution in [0.3, 0.4) is 0 Å². The van der Waals surface area contributed by atoms with Gasteiger partial charge in [0, 0.05) is 27.2 Å². The van der Waals surface area contributed by atoms with Gasteiger partial charge in [-0.25, -0.2) is 4.39 Å². The van der Waals surface area contributed by atoms with Gasteiger partial charge in [0.2, 0.25) is 0 Å². The predicted octanol–water partition coefficient (Wildman–Crippen LogP) is 1.41. The zero-order valence-electron chi connectivity index (χ0n) is 12.0. The number of hydrogen-bond acceptors (Lipinski definition) is 3. The fraction of sp³-hybridized carbons (Fsp3) is 0.500. The normalized spacial score (nSPS) is 11.2. The summed E-state index contributed by atoms with van der Waals surface area (Å²) in [6.45, 7) is 2.65. The second-order valence-electron chi connectivity index (χ2n) is 4.07. The van der Waals surface area contributed by atoms with Gasteiger partial charge in [-0.15, -0.1) is 0 Å². The summed E-state index contributed by atoms with van der Waals surface area (Å²) in [5, 5.41) is 6.28. The van der Waals surface area contributed by atoms with E-state index in [2.05, 4.69) is 15.6 Å². The molecule has 2 N–H and O–H groups in total. The van der Waals surface area contributed by atoms with Crippen LogP contribution in [0.2, 0.25) is 0 Å². The Bertz CT molecular complexity index is 396. The van der Waals surface area contributed by atoms with E-state index >= 15 is 0 Å². The van der Waals surface area contributed by atoms with Crippen LogP contribution in [0.5, 0.6) is 5.75 Å². The molecule has 0 aliphatic heterocycles. The van der Waals surface area contributed by atoms with Crippen LogP contribution < -0.4 is 15.4 Å². The van der Waals surface area contributed by atoms with Crippen LogP contribution in [0, 0.1) is 5.82 Å². The van der Waals surface area contributed by atoms with Gasteiger partial charge in [0.05, 0.1) is 13.2 Å². The Kier molecular flexibility index (Phi) is 8.14. The van der Waals surface area contributed by atoms with Crippen molar-refractivity contribution in [3.63, 3.8) is 0 Å². The minimum absolute atomic E-state index is 0.259. The smallest absolute Gasteiger partial charge is 0.191 e. The van der Waals surface area contributed by atoms with Gasteiger partial charge in [-0.3, -0.25) is 4.99 Å². The first-order chi connectivity index (χ1) is 9.76. The Morgan fingerprint density at radius 1 is 1.15 bits per heavy atom. The lowest BCUT2D eigenvalue weighted by atomic mass is 10.3. The summed E-state index contributed by atoms with van der Waals surface area (Å²) >= 11 is 0. The molecule has 1 aromatic carbocycles. The van der Waals surface area contributed by atoms with Gasteiger partial charge in [0.25, 0.3) is 0 Å². The molecule has 1 aromatic rings. The molecule has 0 amide bonds. The standard InChI is InChI=1S/C14H22FN3O2/c1-16-14(18-9-11-19-2)17-8-3-10-20-13-6-4-12(15)5-7-13/h4-7H,3,8-11H2,1-2H3,(H2,16,17,18). The highest BCUT2D eigenvalue weighted by Gasteiger charge is 1.97. The fourth-order valence-corrected chi connectivity index (χ4v) is 1.49. The Morgan fingerprint density at radius 3 is 2.50 bits per heavy atom. The molecule has 0 saturated carbocycles. The van der Waals surface area contributed by atoms with Crippen LogP contribution in [0.1, 0.15) is 6.42 Å². The SMILES string of the molecule is CN=C(NCCCOc1ccc(F)cc1)NCCOC. The number of halogens is 1. The van der Waals surface area contributed by atoms with Crippen LogP contribution in [0.15, 0.2) is 29.3 Å². The van der Waals surface area contributed by atoms with Crippen LogP contribution in [0.4, 0.5) is 4.39 Å². The molecule has 0 heterocycles. The highest BCUT2D eigenvalue weighted by Crippen LogP contribution is 2.10. The minimum Gasteiger partial charge on any atom is -0.494 e. The van der Waals surface area contributed by atoms with Gasteiger partial charge in [0.1, 0.15) is 11.6 Å². The number of nitrogens with one attached hydrogen (secondary N) is 2. The molecule has 0 bridgehead atoms. The molecule has 0 aliphatic carbocycles. The maximum Gasteiger partial charge on any atom is 0.191 e. The van der Waals surface area contributed by atoms with E-state index in [0.29, 0.717) is 25.5 Å². The van der Waals surface area contributed by atoms with E-state index in [1.54, 1.807) is 26.3 Å². The minimum atomic E-state index is -0.259. The van der Waals surface area contributed by atoms with Gasteiger partial charge < -0.3 is 20.1 Å². The molecule has 0 spiro atoms. The van der Waals surface area contributed by atoms with Gasteiger partial charge >= 0.3 is 0 Å². The van der Waals surface area contributed by atoms with Gasteiger partial charge in [0.15, 0.2) is 5.96 Å². The number of methoxy groups -OCH3 is 1. The Hall–Kier alpha value is -1.82. The van der Waals surface area contributed by atoms with Crippen molar-refractivity contribution in [2.24, 2.45) is 4.99 Å². The summed E-state index contributed by atoms with van der Waals surface area (Å²) in [6, 6.07) is 6.01. The first-order valence-corrected chi connectivity index (χ1v) is 6.58. The van der Waals surface area contributed by atoms with Crippen LogP contribution >= 0.6 is 0 Å². The molecule has 1 rings (SSSR count).